The maximum absolute atomic E-state index is 11.2. The zero-order valence-corrected chi connectivity index (χ0v) is 7.85. The van der Waals surface area contributed by atoms with Crippen LogP contribution in [0.4, 0.5) is 5.00 Å². The molecule has 0 amide bonds. The van der Waals surface area contributed by atoms with Gasteiger partial charge in [0.15, 0.2) is 0 Å². The highest BCUT2D eigenvalue weighted by molar-refractivity contribution is 7.14. The second-order valence-electron chi connectivity index (χ2n) is 2.65. The summed E-state index contributed by atoms with van der Waals surface area (Å²) in [5.74, 6) is -0.344. The average Bonchev–Trinajstić information content (AvgIpc) is 2.33. The summed E-state index contributed by atoms with van der Waals surface area (Å²) in [5.41, 5.74) is 6.00. The first kappa shape index (κ1) is 9.06. The molecule has 2 N–H and O–H groups in total. The van der Waals surface area contributed by atoms with Crippen LogP contribution >= 0.6 is 11.3 Å². The first-order valence-electron chi connectivity index (χ1n) is 3.65. The van der Waals surface area contributed by atoms with Gasteiger partial charge in [-0.1, -0.05) is 0 Å². The molecule has 3 nitrogen and oxygen atoms in total. The van der Waals surface area contributed by atoms with Crippen LogP contribution in [0.1, 0.15) is 24.2 Å². The molecule has 1 aromatic heterocycles. The van der Waals surface area contributed by atoms with E-state index in [0.717, 1.165) is 0 Å². The number of hydrogen-bond acceptors (Lipinski definition) is 4. The molecule has 66 valence electrons. The highest BCUT2D eigenvalue weighted by Gasteiger charge is 2.12. The van der Waals surface area contributed by atoms with Crippen molar-refractivity contribution in [2.24, 2.45) is 0 Å². The predicted octanol–water partition coefficient (Wildman–Crippen LogP) is 1.90. The van der Waals surface area contributed by atoms with Gasteiger partial charge in [-0.15, -0.1) is 11.3 Å². The third-order valence-corrected chi connectivity index (χ3v) is 2.00. The summed E-state index contributed by atoms with van der Waals surface area (Å²) < 4.78 is 4.96. The maximum Gasteiger partial charge on any atom is 0.341 e. The fourth-order valence-electron chi connectivity index (χ4n) is 0.767. The molecule has 0 fully saturated rings. The highest BCUT2D eigenvalue weighted by Crippen LogP contribution is 2.20. The van der Waals surface area contributed by atoms with Crippen LogP contribution < -0.4 is 5.73 Å². The van der Waals surface area contributed by atoms with Crippen LogP contribution in [0.15, 0.2) is 11.4 Å². The lowest BCUT2D eigenvalue weighted by atomic mass is 10.3. The smallest absolute Gasteiger partial charge is 0.341 e. The molecule has 0 unspecified atom stereocenters. The second-order valence-corrected chi connectivity index (χ2v) is 3.60. The molecule has 1 heterocycles. The third kappa shape index (κ3) is 1.98. The van der Waals surface area contributed by atoms with Crippen molar-refractivity contribution in [2.45, 2.75) is 20.0 Å². The number of ether oxygens (including phenoxy) is 1. The molecule has 12 heavy (non-hydrogen) atoms. The van der Waals surface area contributed by atoms with E-state index >= 15 is 0 Å². The third-order valence-electron chi connectivity index (χ3n) is 1.26. The van der Waals surface area contributed by atoms with Gasteiger partial charge in [0.1, 0.15) is 5.00 Å². The Bertz CT molecular complexity index is 280. The molecule has 4 heteroatoms. The number of anilines is 1. The second kappa shape index (κ2) is 3.58. The number of nitrogen functional groups attached to an aromatic ring is 1. The fourth-order valence-corrected chi connectivity index (χ4v) is 1.40. The van der Waals surface area contributed by atoms with Crippen LogP contribution in [0.25, 0.3) is 0 Å². The SMILES string of the molecule is CC(C)OC(=O)c1ccsc1N. The molecule has 0 radical (unpaired) electrons. The Morgan fingerprint density at radius 2 is 2.33 bits per heavy atom. The Hall–Kier alpha value is -1.03. The van der Waals surface area contributed by atoms with Gasteiger partial charge in [-0.3, -0.25) is 0 Å². The summed E-state index contributed by atoms with van der Waals surface area (Å²) in [5, 5.41) is 2.28. The Labute approximate surface area is 75.1 Å². The number of rotatable bonds is 2. The van der Waals surface area contributed by atoms with Crippen molar-refractivity contribution in [1.82, 2.24) is 0 Å². The lowest BCUT2D eigenvalue weighted by Gasteiger charge is -2.06. The molecule has 0 aliphatic carbocycles. The van der Waals surface area contributed by atoms with Crippen molar-refractivity contribution in [1.29, 1.82) is 0 Å². The van der Waals surface area contributed by atoms with Crippen molar-refractivity contribution in [3.63, 3.8) is 0 Å². The van der Waals surface area contributed by atoms with E-state index in [2.05, 4.69) is 0 Å². The largest absolute Gasteiger partial charge is 0.459 e. The zero-order valence-electron chi connectivity index (χ0n) is 7.03. The van der Waals surface area contributed by atoms with Crippen LogP contribution in [-0.4, -0.2) is 12.1 Å². The Balaban J connectivity index is 2.72. The van der Waals surface area contributed by atoms with Crippen LogP contribution in [0, 0.1) is 0 Å². The van der Waals surface area contributed by atoms with Gasteiger partial charge in [0.25, 0.3) is 0 Å². The maximum atomic E-state index is 11.2. The predicted molar refractivity (Wildman–Crippen MR) is 49.3 cm³/mol. The molecule has 0 aliphatic rings. The Kier molecular flexibility index (Phi) is 2.70. The van der Waals surface area contributed by atoms with Gasteiger partial charge < -0.3 is 10.5 Å². The van der Waals surface area contributed by atoms with E-state index in [1.54, 1.807) is 25.3 Å². The fraction of sp³-hybridized carbons (Fsp3) is 0.375. The van der Waals surface area contributed by atoms with Gasteiger partial charge in [-0.2, -0.15) is 0 Å². The molecular formula is C8H11NO2S. The quantitative estimate of drug-likeness (QED) is 0.716. The van der Waals surface area contributed by atoms with Crippen LogP contribution in [-0.2, 0) is 4.74 Å². The summed E-state index contributed by atoms with van der Waals surface area (Å²) in [4.78, 5) is 11.2. The molecular weight excluding hydrogens is 174 g/mol. The minimum absolute atomic E-state index is 0.100. The first-order valence-corrected chi connectivity index (χ1v) is 4.53. The molecule has 0 aliphatic heterocycles. The number of nitrogens with two attached hydrogens (primary N) is 1. The van der Waals surface area contributed by atoms with Crippen molar-refractivity contribution in [3.05, 3.63) is 17.0 Å². The van der Waals surface area contributed by atoms with Gasteiger partial charge in [-0.05, 0) is 25.3 Å². The Morgan fingerprint density at radius 1 is 1.67 bits per heavy atom. The summed E-state index contributed by atoms with van der Waals surface area (Å²) in [6.07, 6.45) is -0.100. The number of carbonyl (C=O) groups is 1. The summed E-state index contributed by atoms with van der Waals surface area (Å²) in [6, 6.07) is 1.67. The lowest BCUT2D eigenvalue weighted by Crippen LogP contribution is -2.11. The van der Waals surface area contributed by atoms with Crippen molar-refractivity contribution in [2.75, 3.05) is 5.73 Å². The molecule has 0 atom stereocenters. The van der Waals surface area contributed by atoms with Crippen molar-refractivity contribution < 1.29 is 9.53 Å². The van der Waals surface area contributed by atoms with Crippen LogP contribution in [0.3, 0.4) is 0 Å². The molecule has 1 aromatic rings. The summed E-state index contributed by atoms with van der Waals surface area (Å²) in [6.45, 7) is 3.61. The van der Waals surface area contributed by atoms with E-state index in [1.165, 1.54) is 11.3 Å². The molecule has 0 spiro atoms. The zero-order chi connectivity index (χ0) is 9.14. The van der Waals surface area contributed by atoms with Gasteiger partial charge >= 0.3 is 5.97 Å². The van der Waals surface area contributed by atoms with Crippen molar-refractivity contribution >= 4 is 22.3 Å². The van der Waals surface area contributed by atoms with Gasteiger partial charge in [0, 0.05) is 0 Å². The molecule has 0 bridgehead atoms. The molecule has 1 rings (SSSR count). The van der Waals surface area contributed by atoms with Crippen LogP contribution in [0.2, 0.25) is 0 Å². The van der Waals surface area contributed by atoms with Gasteiger partial charge in [0.05, 0.1) is 11.7 Å². The minimum atomic E-state index is -0.344. The highest BCUT2D eigenvalue weighted by atomic mass is 32.1. The molecule has 0 saturated carbocycles. The first-order chi connectivity index (χ1) is 5.61. The van der Waals surface area contributed by atoms with E-state index in [-0.39, 0.29) is 12.1 Å². The van der Waals surface area contributed by atoms with Gasteiger partial charge in [0.2, 0.25) is 0 Å². The standard InChI is InChI=1S/C8H11NO2S/c1-5(2)11-8(10)6-3-4-12-7(6)9/h3-5H,9H2,1-2H3. The average molecular weight is 185 g/mol. The molecule has 0 saturated heterocycles. The lowest BCUT2D eigenvalue weighted by molar-refractivity contribution is 0.0380. The van der Waals surface area contributed by atoms with E-state index in [1.807, 2.05) is 0 Å². The normalized spacial score (nSPS) is 10.2. The van der Waals surface area contributed by atoms with Crippen LogP contribution in [0.5, 0.6) is 0 Å². The van der Waals surface area contributed by atoms with E-state index in [0.29, 0.717) is 10.6 Å². The van der Waals surface area contributed by atoms with E-state index in [4.69, 9.17) is 10.5 Å². The van der Waals surface area contributed by atoms with E-state index in [9.17, 15) is 4.79 Å². The number of carbonyl (C=O) groups excluding carboxylic acids is 1. The number of esters is 1. The van der Waals surface area contributed by atoms with Crippen molar-refractivity contribution in [3.8, 4) is 0 Å². The van der Waals surface area contributed by atoms with Gasteiger partial charge in [-0.25, -0.2) is 4.79 Å². The van der Waals surface area contributed by atoms with E-state index < -0.39 is 0 Å². The monoisotopic (exact) mass is 185 g/mol. The summed E-state index contributed by atoms with van der Waals surface area (Å²) in [7, 11) is 0. The molecule has 0 aromatic carbocycles. The Morgan fingerprint density at radius 3 is 2.75 bits per heavy atom. The number of thiophene rings is 1. The summed E-state index contributed by atoms with van der Waals surface area (Å²) >= 11 is 1.34. The minimum Gasteiger partial charge on any atom is -0.459 e. The topological polar surface area (TPSA) is 52.3 Å². The number of hydrogen-bond donors (Lipinski definition) is 1.